The molecule has 0 unspecified atom stereocenters. The predicted molar refractivity (Wildman–Crippen MR) is 152 cm³/mol. The van der Waals surface area contributed by atoms with Crippen LogP contribution in [0, 0.1) is 0 Å². The Balaban J connectivity index is 1.22. The van der Waals surface area contributed by atoms with Crippen LogP contribution in [-0.4, -0.2) is 24.2 Å². The highest BCUT2D eigenvalue weighted by molar-refractivity contribution is 7.80. The molecule has 0 aliphatic carbocycles. The van der Waals surface area contributed by atoms with Gasteiger partial charge < -0.3 is 14.8 Å². The number of aryl methyl sites for hydroxylation is 1. The summed E-state index contributed by atoms with van der Waals surface area (Å²) in [5.41, 5.74) is 3.70. The Kier molecular flexibility index (Phi) is 9.67. The molecule has 188 valence electrons. The van der Waals surface area contributed by atoms with Crippen molar-refractivity contribution in [3.8, 4) is 11.5 Å². The number of thiocarbonyl (C=S) groups is 1. The number of hydrogen-bond acceptors (Lipinski definition) is 4. The summed E-state index contributed by atoms with van der Waals surface area (Å²) in [6.45, 7) is 1.14. The number of carbonyl (C=O) groups is 1. The largest absolute Gasteiger partial charge is 0.493 e. The van der Waals surface area contributed by atoms with E-state index < -0.39 is 0 Å². The molecule has 0 bridgehead atoms. The number of rotatable bonds is 11. The molecule has 6 heteroatoms. The molecule has 1 amide bonds. The van der Waals surface area contributed by atoms with Crippen molar-refractivity contribution in [2.75, 3.05) is 18.5 Å². The van der Waals surface area contributed by atoms with Gasteiger partial charge in [-0.2, -0.15) is 0 Å². The van der Waals surface area contributed by atoms with Crippen LogP contribution in [0.4, 0.5) is 5.69 Å². The van der Waals surface area contributed by atoms with Crippen molar-refractivity contribution in [1.82, 2.24) is 5.32 Å². The van der Waals surface area contributed by atoms with Crippen molar-refractivity contribution >= 4 is 28.9 Å². The van der Waals surface area contributed by atoms with Crippen LogP contribution in [0.15, 0.2) is 109 Å². The van der Waals surface area contributed by atoms with Crippen LogP contribution in [0.2, 0.25) is 0 Å². The van der Waals surface area contributed by atoms with Gasteiger partial charge in [-0.1, -0.05) is 72.8 Å². The summed E-state index contributed by atoms with van der Waals surface area (Å²) in [6.07, 6.45) is 2.66. The van der Waals surface area contributed by atoms with Gasteiger partial charge in [0, 0.05) is 12.0 Å². The van der Waals surface area contributed by atoms with E-state index in [1.807, 2.05) is 60.7 Å². The molecule has 0 saturated heterocycles. The lowest BCUT2D eigenvalue weighted by molar-refractivity contribution is 0.0977. The Hall–Kier alpha value is -4.16. The van der Waals surface area contributed by atoms with Crippen molar-refractivity contribution in [2.45, 2.75) is 19.3 Å². The van der Waals surface area contributed by atoms with Gasteiger partial charge in [0.25, 0.3) is 5.91 Å². The highest BCUT2D eigenvalue weighted by atomic mass is 32.1. The first-order chi connectivity index (χ1) is 18.2. The molecule has 0 heterocycles. The summed E-state index contributed by atoms with van der Waals surface area (Å²) in [5.74, 6) is 1.10. The van der Waals surface area contributed by atoms with Crippen molar-refractivity contribution in [3.63, 3.8) is 0 Å². The molecule has 4 aromatic rings. The summed E-state index contributed by atoms with van der Waals surface area (Å²) < 4.78 is 11.8. The Morgan fingerprint density at radius 2 is 1.30 bits per heavy atom. The van der Waals surface area contributed by atoms with Crippen molar-refractivity contribution in [3.05, 3.63) is 126 Å². The average Bonchev–Trinajstić information content (AvgIpc) is 2.93. The molecule has 0 saturated carbocycles. The average molecular weight is 511 g/mol. The minimum atomic E-state index is -0.297. The van der Waals surface area contributed by atoms with Crippen LogP contribution in [0.25, 0.3) is 0 Å². The second kappa shape index (κ2) is 13.8. The predicted octanol–water partition coefficient (Wildman–Crippen LogP) is 6.45. The third kappa shape index (κ3) is 8.47. The van der Waals surface area contributed by atoms with Crippen LogP contribution in [0.3, 0.4) is 0 Å². The van der Waals surface area contributed by atoms with E-state index in [-0.39, 0.29) is 11.0 Å². The highest BCUT2D eigenvalue weighted by Gasteiger charge is 2.10. The van der Waals surface area contributed by atoms with Crippen LogP contribution < -0.4 is 20.1 Å². The molecule has 0 spiro atoms. The number of carbonyl (C=O) groups excluding carboxylic acids is 1. The van der Waals surface area contributed by atoms with Crippen molar-refractivity contribution in [1.29, 1.82) is 0 Å². The Morgan fingerprint density at radius 1 is 0.676 bits per heavy atom. The van der Waals surface area contributed by atoms with Crippen LogP contribution in [-0.2, 0) is 12.8 Å². The van der Waals surface area contributed by atoms with Crippen LogP contribution >= 0.6 is 12.2 Å². The molecule has 4 rings (SSSR count). The maximum Gasteiger partial charge on any atom is 0.257 e. The van der Waals surface area contributed by atoms with E-state index in [0.717, 1.165) is 19.3 Å². The second-order valence-corrected chi connectivity index (χ2v) is 8.86. The van der Waals surface area contributed by atoms with Gasteiger partial charge >= 0.3 is 0 Å². The van der Waals surface area contributed by atoms with Crippen LogP contribution in [0.1, 0.15) is 27.9 Å². The lowest BCUT2D eigenvalue weighted by atomic mass is 10.1. The van der Waals surface area contributed by atoms with Gasteiger partial charge in [0.15, 0.2) is 5.11 Å². The fourth-order valence-corrected chi connectivity index (χ4v) is 3.96. The van der Waals surface area contributed by atoms with Gasteiger partial charge in [-0.3, -0.25) is 10.1 Å². The second-order valence-electron chi connectivity index (χ2n) is 8.45. The zero-order valence-electron chi connectivity index (χ0n) is 20.6. The van der Waals surface area contributed by atoms with Crippen molar-refractivity contribution in [2.24, 2.45) is 0 Å². The summed E-state index contributed by atoms with van der Waals surface area (Å²) in [5, 5.41) is 6.01. The zero-order valence-corrected chi connectivity index (χ0v) is 21.4. The number of ether oxygens (including phenoxy) is 2. The van der Waals surface area contributed by atoms with Crippen molar-refractivity contribution < 1.29 is 14.3 Å². The molecule has 0 aromatic heterocycles. The van der Waals surface area contributed by atoms with E-state index in [1.165, 1.54) is 11.1 Å². The minimum Gasteiger partial charge on any atom is -0.493 e. The first-order valence-electron chi connectivity index (χ1n) is 12.3. The van der Waals surface area contributed by atoms with Crippen LogP contribution in [0.5, 0.6) is 11.5 Å². The molecular weight excluding hydrogens is 480 g/mol. The lowest BCUT2D eigenvalue weighted by Gasteiger charge is -2.14. The molecule has 5 nitrogen and oxygen atoms in total. The monoisotopic (exact) mass is 510 g/mol. The van der Waals surface area contributed by atoms with Gasteiger partial charge in [0.2, 0.25) is 0 Å². The molecule has 0 fully saturated rings. The van der Waals surface area contributed by atoms with E-state index in [4.69, 9.17) is 21.7 Å². The Bertz CT molecular complexity index is 1280. The molecule has 0 atom stereocenters. The first-order valence-corrected chi connectivity index (χ1v) is 12.7. The molecule has 4 aromatic carbocycles. The number of hydrogen-bond donors (Lipinski definition) is 2. The van der Waals surface area contributed by atoms with E-state index in [9.17, 15) is 4.79 Å². The van der Waals surface area contributed by atoms with Gasteiger partial charge in [-0.15, -0.1) is 0 Å². The SMILES string of the molecule is O=C(NC(=S)Nc1ccccc1OCCCc1ccccc1)c1ccc(OCCc2ccccc2)cc1. The van der Waals surface area contributed by atoms with Gasteiger partial charge in [0.1, 0.15) is 11.5 Å². The number of benzene rings is 4. The summed E-state index contributed by atoms with van der Waals surface area (Å²) >= 11 is 5.38. The van der Waals surface area contributed by atoms with Gasteiger partial charge in [-0.05, 0) is 72.6 Å². The third-order valence-corrected chi connectivity index (χ3v) is 5.90. The fourth-order valence-electron chi connectivity index (χ4n) is 3.76. The van der Waals surface area contributed by atoms with Gasteiger partial charge in [-0.25, -0.2) is 0 Å². The molecule has 0 aliphatic rings. The molecule has 0 radical (unpaired) electrons. The maximum absolute atomic E-state index is 12.7. The normalized spacial score (nSPS) is 10.4. The smallest absolute Gasteiger partial charge is 0.257 e. The number of anilines is 1. The van der Waals surface area contributed by atoms with E-state index in [0.29, 0.717) is 36.0 Å². The quantitative estimate of drug-likeness (QED) is 0.179. The molecule has 37 heavy (non-hydrogen) atoms. The Labute approximate surface area is 223 Å². The topological polar surface area (TPSA) is 59.6 Å². The molecule has 2 N–H and O–H groups in total. The number of nitrogens with one attached hydrogen (secondary N) is 2. The summed E-state index contributed by atoms with van der Waals surface area (Å²) in [7, 11) is 0. The molecule has 0 aliphatic heterocycles. The van der Waals surface area contributed by atoms with E-state index >= 15 is 0 Å². The fraction of sp³-hybridized carbons (Fsp3) is 0.161. The van der Waals surface area contributed by atoms with Gasteiger partial charge in [0.05, 0.1) is 18.9 Å². The molecular formula is C31H30N2O3S. The highest BCUT2D eigenvalue weighted by Crippen LogP contribution is 2.24. The van der Waals surface area contributed by atoms with E-state index in [1.54, 1.807) is 24.3 Å². The summed E-state index contributed by atoms with van der Waals surface area (Å²) in [4.78, 5) is 12.7. The minimum absolute atomic E-state index is 0.202. The first kappa shape index (κ1) is 25.9. The van der Waals surface area contributed by atoms with E-state index in [2.05, 4.69) is 34.9 Å². The maximum atomic E-state index is 12.7. The lowest BCUT2D eigenvalue weighted by Crippen LogP contribution is -2.34. The Morgan fingerprint density at radius 3 is 2.00 bits per heavy atom. The third-order valence-electron chi connectivity index (χ3n) is 5.69. The standard InChI is InChI=1S/C31H30N2O3S/c34-30(26-17-19-27(20-18-26)35-23-21-25-12-5-2-6-13-25)33-31(37)32-28-15-7-8-16-29(28)36-22-9-14-24-10-3-1-4-11-24/h1-8,10-13,15-20H,9,14,21-23H2,(H2,32,33,34,37). The number of amides is 1. The zero-order chi connectivity index (χ0) is 25.7. The number of para-hydroxylation sites is 2. The summed E-state index contributed by atoms with van der Waals surface area (Å²) in [6, 6.07) is 35.1.